The van der Waals surface area contributed by atoms with Crippen molar-refractivity contribution in [1.82, 2.24) is 10.2 Å². The van der Waals surface area contributed by atoms with Gasteiger partial charge in [0.2, 0.25) is 0 Å². The van der Waals surface area contributed by atoms with Crippen LogP contribution in [0.1, 0.15) is 20.3 Å². The van der Waals surface area contributed by atoms with Crippen LogP contribution in [0.5, 0.6) is 0 Å². The van der Waals surface area contributed by atoms with Gasteiger partial charge in [0.05, 0.1) is 6.04 Å². The van der Waals surface area contributed by atoms with E-state index in [0.717, 1.165) is 32.6 Å². The Kier molecular flexibility index (Phi) is 4.27. The van der Waals surface area contributed by atoms with Crippen molar-refractivity contribution in [3.05, 3.63) is 0 Å². The Balaban J connectivity index is 2.51. The lowest BCUT2D eigenvalue weighted by Crippen LogP contribution is -2.37. The van der Waals surface area contributed by atoms with Crippen LogP contribution in [0.4, 0.5) is 0 Å². The quantitative estimate of drug-likeness (QED) is 0.636. The summed E-state index contributed by atoms with van der Waals surface area (Å²) in [6, 6.07) is 0.336. The lowest BCUT2D eigenvalue weighted by Gasteiger charge is -2.27. The first kappa shape index (κ1) is 10.6. The summed E-state index contributed by atoms with van der Waals surface area (Å²) >= 11 is 0. The molecule has 1 heterocycles. The van der Waals surface area contributed by atoms with Crippen LogP contribution in [0.3, 0.4) is 0 Å². The van der Waals surface area contributed by atoms with Crippen LogP contribution in [-0.2, 0) is 0 Å². The molecule has 0 aromatic heterocycles. The molecule has 1 rings (SSSR count). The minimum Gasteiger partial charge on any atom is -0.315 e. The Labute approximate surface area is 81.7 Å². The van der Waals surface area contributed by atoms with E-state index >= 15 is 0 Å². The number of rotatable bonds is 2. The summed E-state index contributed by atoms with van der Waals surface area (Å²) in [6.07, 6.45) is 6.56. The van der Waals surface area contributed by atoms with Crippen molar-refractivity contribution in [1.29, 1.82) is 0 Å². The summed E-state index contributed by atoms with van der Waals surface area (Å²) in [5, 5.41) is 3.42. The molecule has 2 heteroatoms. The minimum atomic E-state index is 0.336. The average molecular weight is 180 g/mol. The molecular formula is C11H20N2. The summed E-state index contributed by atoms with van der Waals surface area (Å²) in [4.78, 5) is 2.42. The highest BCUT2D eigenvalue weighted by molar-refractivity contribution is 5.00. The molecule has 0 saturated carbocycles. The molecule has 2 unspecified atom stereocenters. The highest BCUT2D eigenvalue weighted by Gasteiger charge is 2.19. The zero-order chi connectivity index (χ0) is 9.68. The minimum absolute atomic E-state index is 0.336. The van der Waals surface area contributed by atoms with Crippen LogP contribution in [0.15, 0.2) is 0 Å². The van der Waals surface area contributed by atoms with Gasteiger partial charge in [-0.3, -0.25) is 4.90 Å². The van der Waals surface area contributed by atoms with Gasteiger partial charge < -0.3 is 5.32 Å². The molecule has 0 aliphatic carbocycles. The molecule has 1 fully saturated rings. The van der Waals surface area contributed by atoms with Crippen molar-refractivity contribution in [3.63, 3.8) is 0 Å². The number of terminal acetylenes is 1. The van der Waals surface area contributed by atoms with E-state index in [-0.39, 0.29) is 0 Å². The molecule has 0 bridgehead atoms. The van der Waals surface area contributed by atoms with Gasteiger partial charge in [-0.05, 0) is 18.9 Å². The van der Waals surface area contributed by atoms with Gasteiger partial charge in [-0.1, -0.05) is 19.8 Å². The Bertz CT molecular complexity index is 183. The highest BCUT2D eigenvalue weighted by Crippen LogP contribution is 2.08. The maximum Gasteiger partial charge on any atom is 0.0709 e. The molecule has 1 N–H and O–H groups in total. The van der Waals surface area contributed by atoms with Crippen LogP contribution >= 0.6 is 0 Å². The molecule has 0 aromatic carbocycles. The van der Waals surface area contributed by atoms with Crippen LogP contribution in [-0.4, -0.2) is 37.1 Å². The van der Waals surface area contributed by atoms with Crippen molar-refractivity contribution >= 4 is 0 Å². The molecule has 0 amide bonds. The highest BCUT2D eigenvalue weighted by atomic mass is 15.2. The second kappa shape index (κ2) is 5.26. The predicted molar refractivity (Wildman–Crippen MR) is 56.5 cm³/mol. The monoisotopic (exact) mass is 180 g/mol. The first-order valence-electron chi connectivity index (χ1n) is 5.18. The van der Waals surface area contributed by atoms with Crippen molar-refractivity contribution in [3.8, 4) is 12.3 Å². The van der Waals surface area contributed by atoms with Gasteiger partial charge in [-0.15, -0.1) is 6.42 Å². The normalized spacial score (nSPS) is 27.6. The largest absolute Gasteiger partial charge is 0.315 e. The maximum atomic E-state index is 5.50. The van der Waals surface area contributed by atoms with E-state index in [0.29, 0.717) is 12.0 Å². The SMILES string of the molecule is C#CC(CC)N1CCNCC(C)C1. The molecule has 1 saturated heterocycles. The van der Waals surface area contributed by atoms with Crippen molar-refractivity contribution in [2.75, 3.05) is 26.2 Å². The van der Waals surface area contributed by atoms with Crippen LogP contribution < -0.4 is 5.32 Å². The second-order valence-corrected chi connectivity index (χ2v) is 3.89. The molecule has 1 aliphatic rings. The van der Waals surface area contributed by atoms with Gasteiger partial charge in [0.1, 0.15) is 0 Å². The van der Waals surface area contributed by atoms with E-state index in [2.05, 4.69) is 30.0 Å². The third kappa shape index (κ3) is 3.02. The van der Waals surface area contributed by atoms with E-state index in [9.17, 15) is 0 Å². The zero-order valence-corrected chi connectivity index (χ0v) is 8.71. The summed E-state index contributed by atoms with van der Waals surface area (Å²) in [7, 11) is 0. The fourth-order valence-corrected chi connectivity index (χ4v) is 1.89. The Hall–Kier alpha value is -0.520. The van der Waals surface area contributed by atoms with Crippen molar-refractivity contribution in [2.24, 2.45) is 5.92 Å². The van der Waals surface area contributed by atoms with Gasteiger partial charge in [0.25, 0.3) is 0 Å². The Morgan fingerprint density at radius 3 is 3.08 bits per heavy atom. The van der Waals surface area contributed by atoms with Crippen LogP contribution in [0.25, 0.3) is 0 Å². The van der Waals surface area contributed by atoms with E-state index in [1.165, 1.54) is 0 Å². The van der Waals surface area contributed by atoms with Crippen molar-refractivity contribution in [2.45, 2.75) is 26.3 Å². The standard InChI is InChI=1S/C11H20N2/c1-4-11(5-2)13-7-6-12-8-10(3)9-13/h1,10-12H,5-9H2,2-3H3. The maximum absolute atomic E-state index is 5.50. The molecule has 0 aromatic rings. The van der Waals surface area contributed by atoms with E-state index < -0.39 is 0 Å². The van der Waals surface area contributed by atoms with Gasteiger partial charge in [0, 0.05) is 19.6 Å². The van der Waals surface area contributed by atoms with E-state index in [1.807, 2.05) is 0 Å². The third-order valence-electron chi connectivity index (χ3n) is 2.63. The lowest BCUT2D eigenvalue weighted by molar-refractivity contribution is 0.224. The van der Waals surface area contributed by atoms with Crippen molar-refractivity contribution < 1.29 is 0 Å². The molecule has 1 aliphatic heterocycles. The molecule has 0 radical (unpaired) electrons. The average Bonchev–Trinajstić information content (AvgIpc) is 2.32. The third-order valence-corrected chi connectivity index (χ3v) is 2.63. The van der Waals surface area contributed by atoms with Crippen LogP contribution in [0.2, 0.25) is 0 Å². The van der Waals surface area contributed by atoms with Gasteiger partial charge in [-0.25, -0.2) is 0 Å². The number of hydrogen-bond donors (Lipinski definition) is 1. The predicted octanol–water partition coefficient (Wildman–Crippen LogP) is 0.940. The summed E-state index contributed by atoms with van der Waals surface area (Å²) in [5.74, 6) is 3.58. The number of nitrogens with one attached hydrogen (secondary N) is 1. The fourth-order valence-electron chi connectivity index (χ4n) is 1.89. The fraction of sp³-hybridized carbons (Fsp3) is 0.818. The summed E-state index contributed by atoms with van der Waals surface area (Å²) in [6.45, 7) is 8.85. The molecule has 2 nitrogen and oxygen atoms in total. The Morgan fingerprint density at radius 1 is 1.69 bits per heavy atom. The summed E-state index contributed by atoms with van der Waals surface area (Å²) < 4.78 is 0. The smallest absolute Gasteiger partial charge is 0.0709 e. The first-order chi connectivity index (χ1) is 6.27. The number of nitrogens with zero attached hydrogens (tertiary/aromatic N) is 1. The van der Waals surface area contributed by atoms with E-state index in [4.69, 9.17) is 6.42 Å². The molecular weight excluding hydrogens is 160 g/mol. The van der Waals surface area contributed by atoms with Gasteiger partial charge in [-0.2, -0.15) is 0 Å². The van der Waals surface area contributed by atoms with Crippen LogP contribution in [0, 0.1) is 18.3 Å². The summed E-state index contributed by atoms with van der Waals surface area (Å²) in [5.41, 5.74) is 0. The second-order valence-electron chi connectivity index (χ2n) is 3.89. The number of hydrogen-bond acceptors (Lipinski definition) is 2. The van der Waals surface area contributed by atoms with E-state index in [1.54, 1.807) is 0 Å². The first-order valence-corrected chi connectivity index (χ1v) is 5.18. The lowest BCUT2D eigenvalue weighted by atomic mass is 10.1. The topological polar surface area (TPSA) is 15.3 Å². The zero-order valence-electron chi connectivity index (χ0n) is 8.71. The molecule has 74 valence electrons. The Morgan fingerprint density at radius 2 is 2.46 bits per heavy atom. The molecule has 0 spiro atoms. The van der Waals surface area contributed by atoms with Gasteiger partial charge >= 0.3 is 0 Å². The molecule has 2 atom stereocenters. The van der Waals surface area contributed by atoms with Gasteiger partial charge in [0.15, 0.2) is 0 Å². The molecule has 13 heavy (non-hydrogen) atoms.